The Morgan fingerprint density at radius 1 is 1.36 bits per heavy atom. The number of hydrogen-bond donors (Lipinski definition) is 0. The molecule has 1 saturated heterocycles. The smallest absolute Gasteiger partial charge is 0.276 e. The summed E-state index contributed by atoms with van der Waals surface area (Å²) in [7, 11) is 3.40. The first-order chi connectivity index (χ1) is 10.6. The topological polar surface area (TPSA) is 47.4 Å². The fourth-order valence-electron chi connectivity index (χ4n) is 2.92. The van der Waals surface area contributed by atoms with Gasteiger partial charge in [-0.3, -0.25) is 9.48 Å². The normalized spacial score (nSPS) is 17.8. The molecule has 1 atom stereocenters. The van der Waals surface area contributed by atoms with E-state index >= 15 is 0 Å². The SMILES string of the molecule is COc1ccc(C2CCCN2C(=O)c2nn(C)cc2Cl)cc1. The molecule has 6 heteroatoms. The van der Waals surface area contributed by atoms with Crippen molar-refractivity contribution in [1.82, 2.24) is 14.7 Å². The second kappa shape index (κ2) is 6.01. The van der Waals surface area contributed by atoms with Crippen molar-refractivity contribution in [3.63, 3.8) is 0 Å². The number of ether oxygens (including phenoxy) is 1. The molecule has 2 heterocycles. The van der Waals surface area contributed by atoms with Crippen LogP contribution in [0.15, 0.2) is 30.5 Å². The molecule has 1 fully saturated rings. The number of halogens is 1. The molecular weight excluding hydrogens is 302 g/mol. The van der Waals surface area contributed by atoms with E-state index in [-0.39, 0.29) is 11.9 Å². The van der Waals surface area contributed by atoms with Crippen molar-refractivity contribution in [2.75, 3.05) is 13.7 Å². The molecule has 22 heavy (non-hydrogen) atoms. The molecule has 0 saturated carbocycles. The van der Waals surface area contributed by atoms with Crippen molar-refractivity contribution < 1.29 is 9.53 Å². The number of amides is 1. The molecule has 5 nitrogen and oxygen atoms in total. The summed E-state index contributed by atoms with van der Waals surface area (Å²) >= 11 is 6.10. The van der Waals surface area contributed by atoms with Crippen molar-refractivity contribution in [2.24, 2.45) is 7.05 Å². The molecule has 0 spiro atoms. The predicted octanol–water partition coefficient (Wildman–Crippen LogP) is 3.06. The van der Waals surface area contributed by atoms with Crippen LogP contribution in [0.4, 0.5) is 0 Å². The molecule has 2 aromatic rings. The lowest BCUT2D eigenvalue weighted by molar-refractivity contribution is 0.0729. The lowest BCUT2D eigenvalue weighted by Crippen LogP contribution is -2.31. The first kappa shape index (κ1) is 14.9. The first-order valence-corrected chi connectivity index (χ1v) is 7.62. The van der Waals surface area contributed by atoms with Crippen LogP contribution in [0.2, 0.25) is 5.02 Å². The van der Waals surface area contributed by atoms with E-state index < -0.39 is 0 Å². The Hall–Kier alpha value is -2.01. The van der Waals surface area contributed by atoms with Gasteiger partial charge >= 0.3 is 0 Å². The summed E-state index contributed by atoms with van der Waals surface area (Å²) in [6.07, 6.45) is 3.57. The Bertz CT molecular complexity index is 681. The number of rotatable bonds is 3. The van der Waals surface area contributed by atoms with Gasteiger partial charge in [0.05, 0.1) is 18.2 Å². The minimum absolute atomic E-state index is 0.0662. The molecule has 1 aliphatic rings. The largest absolute Gasteiger partial charge is 0.497 e. The summed E-state index contributed by atoms with van der Waals surface area (Å²) in [6.45, 7) is 0.725. The third-order valence-electron chi connectivity index (χ3n) is 4.00. The van der Waals surface area contributed by atoms with Crippen LogP contribution in [0.25, 0.3) is 0 Å². The number of methoxy groups -OCH3 is 1. The Morgan fingerprint density at radius 3 is 2.68 bits per heavy atom. The number of aryl methyl sites for hydroxylation is 1. The van der Waals surface area contributed by atoms with Crippen LogP contribution < -0.4 is 4.74 Å². The van der Waals surface area contributed by atoms with E-state index in [2.05, 4.69) is 5.10 Å². The molecule has 0 aliphatic carbocycles. The van der Waals surface area contributed by atoms with Crippen molar-refractivity contribution >= 4 is 17.5 Å². The van der Waals surface area contributed by atoms with E-state index in [0.29, 0.717) is 10.7 Å². The number of aromatic nitrogens is 2. The van der Waals surface area contributed by atoms with Gasteiger partial charge in [-0.1, -0.05) is 23.7 Å². The van der Waals surface area contributed by atoms with Crippen LogP contribution >= 0.6 is 11.6 Å². The molecule has 1 amide bonds. The van der Waals surface area contributed by atoms with Crippen LogP contribution in [0.5, 0.6) is 5.75 Å². The Labute approximate surface area is 134 Å². The number of carbonyl (C=O) groups excluding carboxylic acids is 1. The Balaban J connectivity index is 1.86. The summed E-state index contributed by atoms with van der Waals surface area (Å²) < 4.78 is 6.75. The van der Waals surface area contributed by atoms with Gasteiger partial charge in [-0.15, -0.1) is 0 Å². The highest BCUT2D eigenvalue weighted by atomic mass is 35.5. The van der Waals surface area contributed by atoms with Crippen molar-refractivity contribution in [2.45, 2.75) is 18.9 Å². The standard InChI is InChI=1S/C16H18ClN3O2/c1-19-10-13(17)15(18-19)16(21)20-9-3-4-14(20)11-5-7-12(22-2)8-6-11/h5-8,10,14H,3-4,9H2,1-2H3. The van der Waals surface area contributed by atoms with E-state index in [1.165, 1.54) is 0 Å². The fourth-order valence-corrected chi connectivity index (χ4v) is 3.18. The monoisotopic (exact) mass is 319 g/mol. The molecule has 1 unspecified atom stereocenters. The maximum absolute atomic E-state index is 12.7. The average molecular weight is 320 g/mol. The van der Waals surface area contributed by atoms with E-state index in [9.17, 15) is 4.79 Å². The second-order valence-electron chi connectivity index (χ2n) is 5.43. The van der Waals surface area contributed by atoms with E-state index in [1.807, 2.05) is 29.2 Å². The minimum atomic E-state index is -0.107. The molecule has 3 rings (SSSR count). The van der Waals surface area contributed by atoms with Gasteiger partial charge in [-0.25, -0.2) is 0 Å². The highest BCUT2D eigenvalue weighted by Gasteiger charge is 2.32. The summed E-state index contributed by atoms with van der Waals surface area (Å²) in [5, 5.41) is 4.58. The fraction of sp³-hybridized carbons (Fsp3) is 0.375. The average Bonchev–Trinajstić information content (AvgIpc) is 3.13. The zero-order valence-electron chi connectivity index (χ0n) is 12.6. The molecule has 0 N–H and O–H groups in total. The van der Waals surface area contributed by atoms with Gasteiger partial charge in [-0.2, -0.15) is 5.10 Å². The Morgan fingerprint density at radius 2 is 2.09 bits per heavy atom. The molecule has 0 bridgehead atoms. The van der Waals surface area contributed by atoms with Gasteiger partial charge in [0.15, 0.2) is 5.69 Å². The van der Waals surface area contributed by atoms with E-state index in [0.717, 1.165) is 30.7 Å². The third-order valence-corrected chi connectivity index (χ3v) is 4.28. The molecule has 0 radical (unpaired) electrons. The van der Waals surface area contributed by atoms with Crippen LogP contribution in [-0.4, -0.2) is 34.2 Å². The minimum Gasteiger partial charge on any atom is -0.497 e. The second-order valence-corrected chi connectivity index (χ2v) is 5.84. The summed E-state index contributed by atoms with van der Waals surface area (Å²) in [5.74, 6) is 0.705. The van der Waals surface area contributed by atoms with Crippen LogP contribution in [-0.2, 0) is 7.05 Å². The zero-order valence-corrected chi connectivity index (χ0v) is 13.4. The van der Waals surface area contributed by atoms with Gasteiger partial charge in [-0.05, 0) is 30.5 Å². The van der Waals surface area contributed by atoms with Gasteiger partial charge < -0.3 is 9.64 Å². The highest BCUT2D eigenvalue weighted by molar-refractivity contribution is 6.33. The zero-order chi connectivity index (χ0) is 15.7. The number of hydrogen-bond acceptors (Lipinski definition) is 3. The lowest BCUT2D eigenvalue weighted by atomic mass is 10.0. The summed E-state index contributed by atoms with van der Waals surface area (Å²) in [5.41, 5.74) is 1.43. The highest BCUT2D eigenvalue weighted by Crippen LogP contribution is 2.34. The third kappa shape index (κ3) is 2.68. The van der Waals surface area contributed by atoms with Crippen molar-refractivity contribution in [3.8, 4) is 5.75 Å². The van der Waals surface area contributed by atoms with Gasteiger partial charge in [0.1, 0.15) is 5.75 Å². The van der Waals surface area contributed by atoms with E-state index in [1.54, 1.807) is 25.0 Å². The summed E-state index contributed by atoms with van der Waals surface area (Å²) in [4.78, 5) is 14.6. The first-order valence-electron chi connectivity index (χ1n) is 7.24. The van der Waals surface area contributed by atoms with Crippen molar-refractivity contribution in [3.05, 3.63) is 46.7 Å². The van der Waals surface area contributed by atoms with Gasteiger partial charge in [0, 0.05) is 19.8 Å². The lowest BCUT2D eigenvalue weighted by Gasteiger charge is -2.24. The van der Waals surface area contributed by atoms with E-state index in [4.69, 9.17) is 16.3 Å². The van der Waals surface area contributed by atoms with Crippen LogP contribution in [0.3, 0.4) is 0 Å². The van der Waals surface area contributed by atoms with Gasteiger partial charge in [0.25, 0.3) is 5.91 Å². The quantitative estimate of drug-likeness (QED) is 0.873. The number of benzene rings is 1. The van der Waals surface area contributed by atoms with Crippen LogP contribution in [0.1, 0.15) is 34.9 Å². The van der Waals surface area contributed by atoms with Crippen molar-refractivity contribution in [1.29, 1.82) is 0 Å². The number of nitrogens with zero attached hydrogens (tertiary/aromatic N) is 3. The number of likely N-dealkylation sites (tertiary alicyclic amines) is 1. The molecule has 116 valence electrons. The molecular formula is C16H18ClN3O2. The predicted molar refractivity (Wildman–Crippen MR) is 84.2 cm³/mol. The maximum Gasteiger partial charge on any atom is 0.276 e. The summed E-state index contributed by atoms with van der Waals surface area (Å²) in [6, 6.07) is 7.93. The molecule has 1 aliphatic heterocycles. The number of carbonyl (C=O) groups is 1. The molecule has 1 aromatic carbocycles. The van der Waals surface area contributed by atoms with Crippen LogP contribution in [0, 0.1) is 0 Å². The van der Waals surface area contributed by atoms with Gasteiger partial charge in [0.2, 0.25) is 0 Å². The molecule has 1 aromatic heterocycles. The maximum atomic E-state index is 12.7. The Kier molecular flexibility index (Phi) is 4.07.